The molecular weight excluding hydrogens is 270 g/mol. The fourth-order valence-electron chi connectivity index (χ4n) is 2.54. The maximum Gasteiger partial charge on any atom is 0.0928 e. The van der Waals surface area contributed by atoms with Crippen molar-refractivity contribution in [3.05, 3.63) is 16.1 Å². The van der Waals surface area contributed by atoms with Crippen LogP contribution in [0.15, 0.2) is 5.38 Å². The number of aromatic nitrogens is 1. The van der Waals surface area contributed by atoms with Crippen LogP contribution in [0.4, 0.5) is 0 Å². The van der Waals surface area contributed by atoms with Gasteiger partial charge in [0.05, 0.1) is 23.4 Å². The van der Waals surface area contributed by atoms with E-state index in [1.807, 2.05) is 11.3 Å². The molecule has 0 N–H and O–H groups in total. The van der Waals surface area contributed by atoms with Gasteiger partial charge in [0.15, 0.2) is 0 Å². The molecule has 1 fully saturated rings. The summed E-state index contributed by atoms with van der Waals surface area (Å²) in [5.74, 6) is 0. The van der Waals surface area contributed by atoms with Crippen LogP contribution in [0.5, 0.6) is 0 Å². The summed E-state index contributed by atoms with van der Waals surface area (Å²) < 4.78 is 5.81. The van der Waals surface area contributed by atoms with Crippen LogP contribution in [0.25, 0.3) is 0 Å². The van der Waals surface area contributed by atoms with Crippen LogP contribution in [-0.2, 0) is 17.7 Å². The summed E-state index contributed by atoms with van der Waals surface area (Å²) in [5, 5.41) is 3.52. The third-order valence-electron chi connectivity index (χ3n) is 3.52. The van der Waals surface area contributed by atoms with Crippen LogP contribution in [-0.4, -0.2) is 61.2 Å². The predicted octanol–water partition coefficient (Wildman–Crippen LogP) is 2.25. The van der Waals surface area contributed by atoms with Crippen LogP contribution < -0.4 is 0 Å². The van der Waals surface area contributed by atoms with Crippen LogP contribution in [0.2, 0.25) is 0 Å². The zero-order chi connectivity index (χ0) is 14.4. The Bertz CT molecular complexity index is 394. The van der Waals surface area contributed by atoms with Crippen molar-refractivity contribution in [3.63, 3.8) is 0 Å². The van der Waals surface area contributed by atoms with Gasteiger partial charge in [0.2, 0.25) is 0 Å². The average Bonchev–Trinajstić information content (AvgIpc) is 2.83. The number of ether oxygens (including phenoxy) is 1. The van der Waals surface area contributed by atoms with E-state index in [0.717, 1.165) is 39.2 Å². The molecule has 1 aromatic heterocycles. The summed E-state index contributed by atoms with van der Waals surface area (Å²) in [6.07, 6.45) is 3.95. The van der Waals surface area contributed by atoms with E-state index in [2.05, 4.69) is 36.2 Å². The molecule has 0 saturated carbocycles. The molecule has 114 valence electrons. The van der Waals surface area contributed by atoms with Crippen molar-refractivity contribution in [1.82, 2.24) is 14.8 Å². The molecule has 1 aliphatic rings. The van der Waals surface area contributed by atoms with Gasteiger partial charge in [-0.1, -0.05) is 13.3 Å². The highest BCUT2D eigenvalue weighted by Gasteiger charge is 2.21. The van der Waals surface area contributed by atoms with Crippen LogP contribution >= 0.6 is 11.3 Å². The van der Waals surface area contributed by atoms with Gasteiger partial charge in [-0.25, -0.2) is 4.98 Å². The minimum atomic E-state index is 0.331. The number of likely N-dealkylation sites (N-methyl/N-ethyl adjacent to an activating group) is 1. The molecule has 0 aromatic carbocycles. The first-order valence-corrected chi connectivity index (χ1v) is 8.47. The Hall–Kier alpha value is -0.490. The van der Waals surface area contributed by atoms with Gasteiger partial charge in [0.25, 0.3) is 0 Å². The first-order chi connectivity index (χ1) is 9.67. The lowest BCUT2D eigenvalue weighted by molar-refractivity contribution is -0.0409. The Balaban J connectivity index is 1.81. The number of morpholine rings is 1. The molecule has 20 heavy (non-hydrogen) atoms. The number of aryl methyl sites for hydroxylation is 1. The fraction of sp³-hybridized carbons (Fsp3) is 0.800. The SMILES string of the molecule is CCCCc1nc(CN2CCOC(CN(C)C)C2)cs1. The first kappa shape index (κ1) is 15.9. The number of hydrogen-bond acceptors (Lipinski definition) is 5. The molecule has 0 bridgehead atoms. The third kappa shape index (κ3) is 5.13. The molecule has 0 amide bonds. The maximum absolute atomic E-state index is 5.81. The summed E-state index contributed by atoms with van der Waals surface area (Å²) in [6, 6.07) is 0. The van der Waals surface area contributed by atoms with Crippen LogP contribution in [0.1, 0.15) is 30.5 Å². The highest BCUT2D eigenvalue weighted by atomic mass is 32.1. The molecule has 1 saturated heterocycles. The van der Waals surface area contributed by atoms with E-state index >= 15 is 0 Å². The van der Waals surface area contributed by atoms with E-state index in [1.54, 1.807) is 0 Å². The number of nitrogens with zero attached hydrogens (tertiary/aromatic N) is 3. The standard InChI is InChI=1S/C15H27N3OS/c1-4-5-6-15-16-13(12-20-15)9-18-7-8-19-14(11-18)10-17(2)3/h12,14H,4-11H2,1-3H3. The fourth-order valence-corrected chi connectivity index (χ4v) is 3.37. The summed E-state index contributed by atoms with van der Waals surface area (Å²) in [7, 11) is 4.20. The summed E-state index contributed by atoms with van der Waals surface area (Å²) in [6.45, 7) is 7.06. The Morgan fingerprint density at radius 3 is 3.10 bits per heavy atom. The second-order valence-corrected chi connectivity index (χ2v) is 6.77. The highest BCUT2D eigenvalue weighted by Crippen LogP contribution is 2.16. The van der Waals surface area contributed by atoms with Crippen molar-refractivity contribution >= 4 is 11.3 Å². The second kappa shape index (κ2) is 8.08. The molecule has 1 unspecified atom stereocenters. The Morgan fingerprint density at radius 1 is 1.50 bits per heavy atom. The minimum Gasteiger partial charge on any atom is -0.374 e. The van der Waals surface area contributed by atoms with E-state index < -0.39 is 0 Å². The molecule has 1 atom stereocenters. The molecule has 5 heteroatoms. The second-order valence-electron chi connectivity index (χ2n) is 5.83. The molecule has 1 aliphatic heterocycles. The van der Waals surface area contributed by atoms with E-state index in [9.17, 15) is 0 Å². The van der Waals surface area contributed by atoms with Crippen LogP contribution in [0.3, 0.4) is 0 Å². The smallest absolute Gasteiger partial charge is 0.0928 e. The van der Waals surface area contributed by atoms with Crippen molar-refractivity contribution in [1.29, 1.82) is 0 Å². The van der Waals surface area contributed by atoms with Crippen molar-refractivity contribution in [2.24, 2.45) is 0 Å². The normalized spacial score (nSPS) is 20.7. The summed E-state index contributed by atoms with van der Waals surface area (Å²) in [4.78, 5) is 9.42. The van der Waals surface area contributed by atoms with Crippen molar-refractivity contribution in [3.8, 4) is 0 Å². The molecule has 0 radical (unpaired) electrons. The highest BCUT2D eigenvalue weighted by molar-refractivity contribution is 7.09. The Morgan fingerprint density at radius 2 is 2.35 bits per heavy atom. The molecule has 1 aromatic rings. The van der Waals surface area contributed by atoms with E-state index in [1.165, 1.54) is 23.5 Å². The van der Waals surface area contributed by atoms with Gasteiger partial charge in [-0.05, 0) is 26.9 Å². The first-order valence-electron chi connectivity index (χ1n) is 7.59. The van der Waals surface area contributed by atoms with Crippen molar-refractivity contribution < 1.29 is 4.74 Å². The van der Waals surface area contributed by atoms with Gasteiger partial charge < -0.3 is 9.64 Å². The minimum absolute atomic E-state index is 0.331. The molecular formula is C15H27N3OS. The lowest BCUT2D eigenvalue weighted by Gasteiger charge is -2.33. The average molecular weight is 297 g/mol. The number of thiazole rings is 1. The van der Waals surface area contributed by atoms with E-state index in [4.69, 9.17) is 9.72 Å². The molecule has 2 rings (SSSR count). The predicted molar refractivity (Wildman–Crippen MR) is 84.3 cm³/mol. The molecule has 0 aliphatic carbocycles. The Kier molecular flexibility index (Phi) is 6.42. The van der Waals surface area contributed by atoms with Crippen molar-refractivity contribution in [2.45, 2.75) is 38.8 Å². The largest absolute Gasteiger partial charge is 0.374 e. The van der Waals surface area contributed by atoms with E-state index in [-0.39, 0.29) is 0 Å². The lowest BCUT2D eigenvalue weighted by atomic mass is 10.2. The number of rotatable bonds is 7. The molecule has 4 nitrogen and oxygen atoms in total. The quantitative estimate of drug-likeness (QED) is 0.772. The van der Waals surface area contributed by atoms with E-state index in [0.29, 0.717) is 6.10 Å². The maximum atomic E-state index is 5.81. The van der Waals surface area contributed by atoms with Crippen molar-refractivity contribution in [2.75, 3.05) is 40.3 Å². The van der Waals surface area contributed by atoms with Crippen LogP contribution in [0, 0.1) is 0 Å². The molecule has 0 spiro atoms. The van der Waals surface area contributed by atoms with Gasteiger partial charge in [-0.15, -0.1) is 11.3 Å². The van der Waals surface area contributed by atoms with Gasteiger partial charge in [0, 0.05) is 31.6 Å². The third-order valence-corrected chi connectivity index (χ3v) is 4.48. The molecule has 2 heterocycles. The zero-order valence-corrected chi connectivity index (χ0v) is 13.8. The van der Waals surface area contributed by atoms with Gasteiger partial charge in [-0.2, -0.15) is 0 Å². The van der Waals surface area contributed by atoms with Gasteiger partial charge in [-0.3, -0.25) is 4.90 Å². The Labute approximate surface area is 126 Å². The zero-order valence-electron chi connectivity index (χ0n) is 13.0. The number of unbranched alkanes of at least 4 members (excludes halogenated alkanes) is 1. The monoisotopic (exact) mass is 297 g/mol. The lowest BCUT2D eigenvalue weighted by Crippen LogP contribution is -2.46. The topological polar surface area (TPSA) is 28.6 Å². The summed E-state index contributed by atoms with van der Waals surface area (Å²) in [5.41, 5.74) is 1.23. The van der Waals surface area contributed by atoms with Gasteiger partial charge in [0.1, 0.15) is 0 Å². The summed E-state index contributed by atoms with van der Waals surface area (Å²) >= 11 is 1.81. The van der Waals surface area contributed by atoms with Gasteiger partial charge >= 0.3 is 0 Å². The number of hydrogen-bond donors (Lipinski definition) is 0.